The Morgan fingerprint density at radius 2 is 2.07 bits per heavy atom. The topological polar surface area (TPSA) is 97.0 Å². The second-order valence-corrected chi connectivity index (χ2v) is 7.31. The van der Waals surface area contributed by atoms with Crippen LogP contribution in [0.25, 0.3) is 16.7 Å². The number of carbonyl (C=O) groups excluding carboxylic acids is 1. The Morgan fingerprint density at radius 1 is 1.23 bits per heavy atom. The summed E-state index contributed by atoms with van der Waals surface area (Å²) in [6.45, 7) is 1.81. The fourth-order valence-electron chi connectivity index (χ4n) is 3.45. The molecule has 1 aliphatic heterocycles. The van der Waals surface area contributed by atoms with Crippen molar-refractivity contribution in [2.24, 2.45) is 7.05 Å². The molecular weight excluding hydrogens is 412 g/mol. The van der Waals surface area contributed by atoms with Crippen molar-refractivity contribution in [3.8, 4) is 11.5 Å². The van der Waals surface area contributed by atoms with Gasteiger partial charge in [-0.3, -0.25) is 13.8 Å². The summed E-state index contributed by atoms with van der Waals surface area (Å²) in [7, 11) is 1.62. The van der Waals surface area contributed by atoms with E-state index in [0.29, 0.717) is 34.0 Å². The van der Waals surface area contributed by atoms with Gasteiger partial charge in [0.25, 0.3) is 5.56 Å². The maximum Gasteiger partial charge on any atom is 0.338 e. The lowest BCUT2D eigenvalue weighted by atomic mass is 10.1. The number of carbonyl (C=O) groups is 1. The number of benzene rings is 2. The molecule has 5 rings (SSSR count). The van der Waals surface area contributed by atoms with E-state index in [2.05, 4.69) is 10.2 Å². The van der Waals surface area contributed by atoms with E-state index in [1.807, 2.05) is 25.1 Å². The maximum absolute atomic E-state index is 12.6. The van der Waals surface area contributed by atoms with E-state index >= 15 is 0 Å². The molecule has 0 aliphatic carbocycles. The summed E-state index contributed by atoms with van der Waals surface area (Å²) in [6.07, 6.45) is 0. The first-order valence-corrected chi connectivity index (χ1v) is 9.41. The number of nitrogens with zero attached hydrogens (tertiary/aromatic N) is 4. The SMILES string of the molecule is Cc1ccc2c(c1)c(=O)n(C)c1nnc(COC(=O)c3cc(Cl)c4c(c3)OCO4)n21. The van der Waals surface area contributed by atoms with Crippen molar-refractivity contribution < 1.29 is 19.0 Å². The van der Waals surface area contributed by atoms with E-state index in [1.165, 1.54) is 16.7 Å². The normalized spacial score (nSPS) is 12.6. The van der Waals surface area contributed by atoms with Crippen molar-refractivity contribution in [3.05, 3.63) is 62.7 Å². The molecular formula is C20H15ClN4O5. The molecule has 0 saturated heterocycles. The molecule has 0 saturated carbocycles. The van der Waals surface area contributed by atoms with Gasteiger partial charge in [-0.1, -0.05) is 23.2 Å². The van der Waals surface area contributed by atoms with Crippen molar-refractivity contribution in [1.82, 2.24) is 19.2 Å². The third kappa shape index (κ3) is 2.78. The number of esters is 1. The molecule has 2 aromatic carbocycles. The highest BCUT2D eigenvalue weighted by Gasteiger charge is 2.22. The molecule has 1 aliphatic rings. The summed E-state index contributed by atoms with van der Waals surface area (Å²) < 4.78 is 19.1. The molecule has 3 heterocycles. The number of aromatic nitrogens is 4. The van der Waals surface area contributed by atoms with Crippen LogP contribution in [0.3, 0.4) is 0 Å². The minimum absolute atomic E-state index is 0.0462. The molecule has 30 heavy (non-hydrogen) atoms. The third-order valence-electron chi connectivity index (χ3n) is 4.94. The van der Waals surface area contributed by atoms with Crippen LogP contribution >= 0.6 is 11.6 Å². The minimum Gasteiger partial charge on any atom is -0.454 e. The monoisotopic (exact) mass is 426 g/mol. The van der Waals surface area contributed by atoms with Gasteiger partial charge in [0.15, 0.2) is 23.9 Å². The van der Waals surface area contributed by atoms with Gasteiger partial charge in [-0.05, 0) is 31.2 Å². The van der Waals surface area contributed by atoms with Gasteiger partial charge in [0.05, 0.1) is 21.5 Å². The van der Waals surface area contributed by atoms with E-state index in [9.17, 15) is 9.59 Å². The molecule has 0 fully saturated rings. The fraction of sp³-hybridized carbons (Fsp3) is 0.200. The van der Waals surface area contributed by atoms with Crippen molar-refractivity contribution in [3.63, 3.8) is 0 Å². The Labute approximate surface area is 174 Å². The summed E-state index contributed by atoms with van der Waals surface area (Å²) in [5, 5.41) is 9.00. The predicted molar refractivity (Wildman–Crippen MR) is 107 cm³/mol. The fourth-order valence-corrected chi connectivity index (χ4v) is 3.72. The molecule has 0 N–H and O–H groups in total. The highest BCUT2D eigenvalue weighted by Crippen LogP contribution is 2.39. The lowest BCUT2D eigenvalue weighted by Gasteiger charge is -2.09. The lowest BCUT2D eigenvalue weighted by molar-refractivity contribution is 0.0461. The van der Waals surface area contributed by atoms with E-state index < -0.39 is 5.97 Å². The molecule has 0 atom stereocenters. The summed E-state index contributed by atoms with van der Waals surface area (Å²) >= 11 is 6.14. The van der Waals surface area contributed by atoms with Crippen LogP contribution in [0.15, 0.2) is 35.1 Å². The standard InChI is InChI=1S/C20H15ClN4O5/c1-10-3-4-14-12(5-10)18(26)24(2)20-23-22-16(25(14)20)8-28-19(27)11-6-13(21)17-15(7-11)29-9-30-17/h3-7H,8-9H2,1-2H3. The molecule has 0 unspecified atom stereocenters. The van der Waals surface area contributed by atoms with Gasteiger partial charge in [-0.2, -0.15) is 0 Å². The summed E-state index contributed by atoms with van der Waals surface area (Å²) in [5.74, 6) is 0.929. The van der Waals surface area contributed by atoms with Gasteiger partial charge < -0.3 is 14.2 Å². The average Bonchev–Trinajstić information content (AvgIpc) is 3.37. The van der Waals surface area contributed by atoms with Gasteiger partial charge in [0, 0.05) is 7.05 Å². The first-order valence-electron chi connectivity index (χ1n) is 9.03. The van der Waals surface area contributed by atoms with Crippen LogP contribution in [0.4, 0.5) is 0 Å². The van der Waals surface area contributed by atoms with Crippen molar-refractivity contribution in [2.45, 2.75) is 13.5 Å². The van der Waals surface area contributed by atoms with Gasteiger partial charge in [-0.15, -0.1) is 10.2 Å². The Kier molecular flexibility index (Phi) is 4.14. The zero-order valence-corrected chi connectivity index (χ0v) is 16.8. The number of halogens is 1. The van der Waals surface area contributed by atoms with E-state index in [-0.39, 0.29) is 29.5 Å². The molecule has 2 aromatic heterocycles. The van der Waals surface area contributed by atoms with Crippen LogP contribution in [-0.4, -0.2) is 31.9 Å². The maximum atomic E-state index is 12.6. The van der Waals surface area contributed by atoms with Crippen LogP contribution < -0.4 is 15.0 Å². The Hall–Kier alpha value is -3.59. The number of ether oxygens (including phenoxy) is 3. The molecule has 152 valence electrons. The second kappa shape index (κ2) is 6.74. The van der Waals surface area contributed by atoms with Crippen molar-refractivity contribution in [1.29, 1.82) is 0 Å². The molecule has 10 heteroatoms. The first kappa shape index (κ1) is 18.4. The first-order chi connectivity index (χ1) is 14.4. The highest BCUT2D eigenvalue weighted by molar-refractivity contribution is 6.32. The van der Waals surface area contributed by atoms with Crippen molar-refractivity contribution in [2.75, 3.05) is 6.79 Å². The second-order valence-electron chi connectivity index (χ2n) is 6.90. The molecule has 0 amide bonds. The van der Waals surface area contributed by atoms with Gasteiger partial charge >= 0.3 is 5.97 Å². The van der Waals surface area contributed by atoms with Crippen LogP contribution in [0.2, 0.25) is 5.02 Å². The summed E-state index contributed by atoms with van der Waals surface area (Å²) in [5.41, 5.74) is 1.65. The van der Waals surface area contributed by atoms with E-state index in [1.54, 1.807) is 11.4 Å². The van der Waals surface area contributed by atoms with Gasteiger partial charge in [-0.25, -0.2) is 4.79 Å². The Bertz CT molecular complexity index is 1410. The zero-order valence-electron chi connectivity index (χ0n) is 16.0. The molecule has 0 spiro atoms. The average molecular weight is 427 g/mol. The van der Waals surface area contributed by atoms with Gasteiger partial charge in [0.1, 0.15) is 0 Å². The Balaban J connectivity index is 1.51. The molecule has 0 radical (unpaired) electrons. The summed E-state index contributed by atoms with van der Waals surface area (Å²) in [4.78, 5) is 25.2. The molecule has 0 bridgehead atoms. The molecule has 9 nitrogen and oxygen atoms in total. The van der Waals surface area contributed by atoms with E-state index in [4.69, 9.17) is 25.8 Å². The highest BCUT2D eigenvalue weighted by atomic mass is 35.5. The number of fused-ring (bicyclic) bond motifs is 4. The van der Waals surface area contributed by atoms with E-state index in [0.717, 1.165) is 5.56 Å². The quantitative estimate of drug-likeness (QED) is 0.464. The minimum atomic E-state index is -0.600. The smallest absolute Gasteiger partial charge is 0.338 e. The van der Waals surface area contributed by atoms with Crippen molar-refractivity contribution >= 4 is 34.3 Å². The number of rotatable bonds is 3. The predicted octanol–water partition coefficient (Wildman–Crippen LogP) is 2.63. The lowest BCUT2D eigenvalue weighted by Crippen LogP contribution is -2.20. The van der Waals surface area contributed by atoms with Crippen LogP contribution in [-0.2, 0) is 18.4 Å². The van der Waals surface area contributed by atoms with Gasteiger partial charge in [0.2, 0.25) is 12.6 Å². The number of hydrogen-bond donors (Lipinski definition) is 0. The number of aryl methyl sites for hydroxylation is 2. The van der Waals surface area contributed by atoms with Crippen LogP contribution in [0.1, 0.15) is 21.7 Å². The molecule has 4 aromatic rings. The van der Waals surface area contributed by atoms with Crippen LogP contribution in [0, 0.1) is 6.92 Å². The zero-order chi connectivity index (χ0) is 21.0. The third-order valence-corrected chi connectivity index (χ3v) is 5.22. The number of hydrogen-bond acceptors (Lipinski definition) is 7. The van der Waals surface area contributed by atoms with Crippen LogP contribution in [0.5, 0.6) is 11.5 Å². The Morgan fingerprint density at radius 3 is 2.90 bits per heavy atom. The summed E-state index contributed by atoms with van der Waals surface area (Å²) in [6, 6.07) is 8.50. The largest absolute Gasteiger partial charge is 0.454 e.